The normalized spacial score (nSPS) is 12.7. The van der Waals surface area contributed by atoms with Gasteiger partial charge in [-0.15, -0.1) is 0 Å². The molecule has 1 unspecified atom stereocenters. The summed E-state index contributed by atoms with van der Waals surface area (Å²) in [5.74, 6) is 0. The average Bonchev–Trinajstić information content (AvgIpc) is 2.79. The lowest BCUT2D eigenvalue weighted by atomic mass is 9.96. The third-order valence-corrected chi connectivity index (χ3v) is 3.90. The molecule has 0 saturated heterocycles. The van der Waals surface area contributed by atoms with Gasteiger partial charge in [-0.05, 0) is 62.4 Å². The van der Waals surface area contributed by atoms with Crippen molar-refractivity contribution in [2.75, 3.05) is 6.54 Å². The van der Waals surface area contributed by atoms with Gasteiger partial charge in [0, 0.05) is 18.8 Å². The summed E-state index contributed by atoms with van der Waals surface area (Å²) >= 11 is 0. The minimum Gasteiger partial charge on any atom is -0.308 e. The van der Waals surface area contributed by atoms with E-state index in [0.717, 1.165) is 13.1 Å². The predicted octanol–water partition coefficient (Wildman–Crippen LogP) is 3.47. The minimum atomic E-state index is 0.367. The molecule has 3 nitrogen and oxygen atoms in total. The predicted molar refractivity (Wildman–Crippen MR) is 84.0 cm³/mol. The van der Waals surface area contributed by atoms with Gasteiger partial charge >= 0.3 is 0 Å². The monoisotopic (exact) mass is 271 g/mol. The van der Waals surface area contributed by atoms with Crippen LogP contribution in [0.3, 0.4) is 0 Å². The lowest BCUT2D eigenvalue weighted by Crippen LogP contribution is -2.24. The van der Waals surface area contributed by atoms with Crippen LogP contribution < -0.4 is 5.32 Å². The number of benzene rings is 1. The van der Waals surface area contributed by atoms with Crippen LogP contribution in [0, 0.1) is 27.7 Å². The first kappa shape index (κ1) is 14.8. The maximum Gasteiger partial charge on any atom is 0.0534 e. The fraction of sp³-hybridized carbons (Fsp3) is 0.471. The molecule has 2 aromatic rings. The van der Waals surface area contributed by atoms with Gasteiger partial charge in [-0.1, -0.05) is 12.1 Å². The Morgan fingerprint density at radius 3 is 2.45 bits per heavy atom. The van der Waals surface area contributed by atoms with Crippen molar-refractivity contribution < 1.29 is 0 Å². The van der Waals surface area contributed by atoms with Gasteiger partial charge in [0.05, 0.1) is 12.7 Å². The Hall–Kier alpha value is -1.61. The highest BCUT2D eigenvalue weighted by molar-refractivity contribution is 5.37. The van der Waals surface area contributed by atoms with E-state index in [1.165, 1.54) is 27.8 Å². The van der Waals surface area contributed by atoms with Crippen molar-refractivity contribution in [1.82, 2.24) is 15.1 Å². The second kappa shape index (κ2) is 6.23. The molecule has 0 saturated carbocycles. The van der Waals surface area contributed by atoms with Crippen molar-refractivity contribution in [3.8, 4) is 0 Å². The highest BCUT2D eigenvalue weighted by Gasteiger charge is 2.09. The third-order valence-electron chi connectivity index (χ3n) is 3.90. The van der Waals surface area contributed by atoms with Gasteiger partial charge in [-0.3, -0.25) is 4.68 Å². The molecule has 0 bridgehead atoms. The van der Waals surface area contributed by atoms with Crippen LogP contribution in [0.1, 0.15) is 40.8 Å². The molecule has 108 valence electrons. The second-order valence-corrected chi connectivity index (χ2v) is 5.75. The lowest BCUT2D eigenvalue weighted by Gasteiger charge is -2.18. The van der Waals surface area contributed by atoms with Crippen LogP contribution in [-0.2, 0) is 6.54 Å². The second-order valence-electron chi connectivity index (χ2n) is 5.75. The summed E-state index contributed by atoms with van der Waals surface area (Å²) in [5, 5.41) is 7.89. The van der Waals surface area contributed by atoms with Crippen molar-refractivity contribution in [2.45, 2.75) is 47.2 Å². The highest BCUT2D eigenvalue weighted by atomic mass is 15.3. The fourth-order valence-corrected chi connectivity index (χ4v) is 2.54. The Labute approximate surface area is 122 Å². The molecule has 1 aromatic carbocycles. The van der Waals surface area contributed by atoms with E-state index in [1.54, 1.807) is 0 Å². The van der Waals surface area contributed by atoms with Crippen LogP contribution in [0.15, 0.2) is 24.5 Å². The number of hydrogen-bond acceptors (Lipinski definition) is 2. The standard InChI is InChI=1S/C17H25N3/c1-12-10-19-20(11-12)7-6-18-16(5)17-9-14(3)13(2)8-15(17)4/h8-11,16,18H,6-7H2,1-5H3. The quantitative estimate of drug-likeness (QED) is 0.902. The summed E-state index contributed by atoms with van der Waals surface area (Å²) in [5.41, 5.74) is 6.70. The molecule has 0 radical (unpaired) electrons. The van der Waals surface area contributed by atoms with Crippen LogP contribution >= 0.6 is 0 Å². The maximum atomic E-state index is 4.31. The Balaban J connectivity index is 1.95. The van der Waals surface area contributed by atoms with Crippen molar-refractivity contribution in [1.29, 1.82) is 0 Å². The molecule has 1 aromatic heterocycles. The first-order valence-electron chi connectivity index (χ1n) is 7.27. The molecule has 0 spiro atoms. The molecule has 3 heteroatoms. The fourth-order valence-electron chi connectivity index (χ4n) is 2.54. The van der Waals surface area contributed by atoms with Crippen LogP contribution in [0.2, 0.25) is 0 Å². The Morgan fingerprint density at radius 1 is 1.10 bits per heavy atom. The average molecular weight is 271 g/mol. The van der Waals surface area contributed by atoms with Crippen LogP contribution in [0.5, 0.6) is 0 Å². The van der Waals surface area contributed by atoms with E-state index < -0.39 is 0 Å². The van der Waals surface area contributed by atoms with Gasteiger partial charge in [-0.2, -0.15) is 5.10 Å². The molecular formula is C17H25N3. The number of rotatable bonds is 5. The van der Waals surface area contributed by atoms with Gasteiger partial charge in [0.15, 0.2) is 0 Å². The van der Waals surface area contributed by atoms with E-state index >= 15 is 0 Å². The summed E-state index contributed by atoms with van der Waals surface area (Å²) in [6.07, 6.45) is 3.98. The van der Waals surface area contributed by atoms with Gasteiger partial charge in [0.2, 0.25) is 0 Å². The van der Waals surface area contributed by atoms with Gasteiger partial charge in [0.1, 0.15) is 0 Å². The van der Waals surface area contributed by atoms with Crippen molar-refractivity contribution in [2.24, 2.45) is 0 Å². The van der Waals surface area contributed by atoms with Crippen LogP contribution in [0.25, 0.3) is 0 Å². The molecule has 0 amide bonds. The van der Waals surface area contributed by atoms with Crippen molar-refractivity contribution in [3.05, 3.63) is 52.3 Å². The topological polar surface area (TPSA) is 29.9 Å². The molecule has 2 rings (SSSR count). The Kier molecular flexibility index (Phi) is 4.61. The summed E-state index contributed by atoms with van der Waals surface area (Å²) in [7, 11) is 0. The summed E-state index contributed by atoms with van der Waals surface area (Å²) in [4.78, 5) is 0. The zero-order valence-electron chi connectivity index (χ0n) is 13.2. The molecule has 20 heavy (non-hydrogen) atoms. The highest BCUT2D eigenvalue weighted by Crippen LogP contribution is 2.21. The Morgan fingerprint density at radius 2 is 1.80 bits per heavy atom. The molecule has 0 fully saturated rings. The maximum absolute atomic E-state index is 4.31. The molecule has 0 aliphatic heterocycles. The van der Waals surface area contributed by atoms with E-state index in [9.17, 15) is 0 Å². The molecular weight excluding hydrogens is 246 g/mol. The van der Waals surface area contributed by atoms with Gasteiger partial charge < -0.3 is 5.32 Å². The molecule has 1 atom stereocenters. The number of aromatic nitrogens is 2. The van der Waals surface area contributed by atoms with Crippen LogP contribution in [0.4, 0.5) is 0 Å². The van der Waals surface area contributed by atoms with Gasteiger partial charge in [-0.25, -0.2) is 0 Å². The first-order chi connectivity index (χ1) is 9.47. The third kappa shape index (κ3) is 3.48. The van der Waals surface area contributed by atoms with E-state index in [2.05, 4.69) is 63.4 Å². The van der Waals surface area contributed by atoms with Gasteiger partial charge in [0.25, 0.3) is 0 Å². The van der Waals surface area contributed by atoms with Crippen molar-refractivity contribution >= 4 is 0 Å². The first-order valence-corrected chi connectivity index (χ1v) is 7.27. The number of nitrogens with one attached hydrogen (secondary N) is 1. The van der Waals surface area contributed by atoms with Crippen LogP contribution in [-0.4, -0.2) is 16.3 Å². The van der Waals surface area contributed by atoms with Crippen molar-refractivity contribution in [3.63, 3.8) is 0 Å². The largest absolute Gasteiger partial charge is 0.308 e. The molecule has 0 aliphatic rings. The summed E-state index contributed by atoms with van der Waals surface area (Å²) in [6.45, 7) is 12.7. The van der Waals surface area contributed by atoms with E-state index in [4.69, 9.17) is 0 Å². The molecule has 0 aliphatic carbocycles. The number of aryl methyl sites for hydroxylation is 4. The smallest absolute Gasteiger partial charge is 0.0534 e. The lowest BCUT2D eigenvalue weighted by molar-refractivity contribution is 0.506. The zero-order chi connectivity index (χ0) is 14.7. The minimum absolute atomic E-state index is 0.367. The summed E-state index contributed by atoms with van der Waals surface area (Å²) < 4.78 is 1.99. The summed E-state index contributed by atoms with van der Waals surface area (Å²) in [6, 6.07) is 4.95. The zero-order valence-corrected chi connectivity index (χ0v) is 13.2. The number of nitrogens with zero attached hydrogens (tertiary/aromatic N) is 2. The van der Waals surface area contributed by atoms with E-state index in [1.807, 2.05) is 10.9 Å². The number of hydrogen-bond donors (Lipinski definition) is 1. The SMILES string of the molecule is Cc1cnn(CCNC(C)c2cc(C)c(C)cc2C)c1. The Bertz CT molecular complexity index is 584. The van der Waals surface area contributed by atoms with E-state index in [-0.39, 0.29) is 0 Å². The molecule has 1 heterocycles. The van der Waals surface area contributed by atoms with E-state index in [0.29, 0.717) is 6.04 Å². The molecule has 1 N–H and O–H groups in total.